The smallest absolute Gasteiger partial charge is 0.393 e. The molecule has 1 nitrogen and oxygen atoms in total. The Bertz CT molecular complexity index is 421. The lowest BCUT2D eigenvalue weighted by atomic mass is 9.79. The molecule has 0 saturated carbocycles. The molecule has 0 aliphatic rings. The lowest BCUT2D eigenvalue weighted by Gasteiger charge is -2.27. The fraction of sp³-hybridized carbons (Fsp3) is 0.538. The third kappa shape index (κ3) is 3.45. The lowest BCUT2D eigenvalue weighted by molar-refractivity contribution is -0.140. The van der Waals surface area contributed by atoms with Crippen LogP contribution in [0.1, 0.15) is 38.3 Å². The molecule has 1 aromatic carbocycles. The maximum Gasteiger partial charge on any atom is 0.419 e. The molecule has 0 amide bonds. The molecule has 1 atom stereocenters. The Labute approximate surface area is 103 Å². The van der Waals surface area contributed by atoms with Gasteiger partial charge in [0.25, 0.3) is 0 Å². The molecule has 1 aromatic rings. The van der Waals surface area contributed by atoms with Crippen molar-refractivity contribution in [3.8, 4) is 0 Å². The molecule has 1 rings (SSSR count). The Morgan fingerprint density at radius 1 is 1.22 bits per heavy atom. The van der Waals surface area contributed by atoms with Crippen LogP contribution in [-0.4, -0.2) is 11.2 Å². The van der Waals surface area contributed by atoms with E-state index in [-0.39, 0.29) is 0 Å². The van der Waals surface area contributed by atoms with E-state index in [1.165, 1.54) is 6.07 Å². The Morgan fingerprint density at radius 2 is 1.78 bits per heavy atom. The summed E-state index contributed by atoms with van der Waals surface area (Å²) in [6.45, 7) is 5.00. The molecule has 1 unspecified atom stereocenters. The van der Waals surface area contributed by atoms with Crippen LogP contribution in [-0.2, 0) is 11.6 Å². The van der Waals surface area contributed by atoms with Crippen LogP contribution in [0.3, 0.4) is 0 Å². The van der Waals surface area contributed by atoms with Gasteiger partial charge < -0.3 is 5.11 Å². The summed E-state index contributed by atoms with van der Waals surface area (Å²) in [4.78, 5) is 0. The quantitative estimate of drug-likeness (QED) is 0.821. The second kappa shape index (κ2) is 4.88. The van der Waals surface area contributed by atoms with E-state index in [4.69, 9.17) is 0 Å². The molecule has 0 aliphatic heterocycles. The van der Waals surface area contributed by atoms with Crippen molar-refractivity contribution in [3.05, 3.63) is 35.1 Å². The first-order valence-electron chi connectivity index (χ1n) is 5.59. The van der Waals surface area contributed by atoms with Crippen LogP contribution in [0.25, 0.3) is 0 Å². The predicted octanol–water partition coefficient (Wildman–Crippen LogP) is 3.89. The first-order valence-corrected chi connectivity index (χ1v) is 5.59. The molecule has 102 valence electrons. The summed E-state index contributed by atoms with van der Waals surface area (Å²) in [7, 11) is 0. The summed E-state index contributed by atoms with van der Waals surface area (Å²) in [5, 5.41) is 9.34. The Hall–Kier alpha value is -1.10. The molecular weight excluding hydrogens is 248 g/mol. The number of halogens is 4. The fourth-order valence-corrected chi connectivity index (χ4v) is 2.02. The number of hydrogen-bond donors (Lipinski definition) is 1. The Morgan fingerprint density at radius 3 is 2.22 bits per heavy atom. The van der Waals surface area contributed by atoms with Crippen molar-refractivity contribution in [2.75, 3.05) is 0 Å². The van der Waals surface area contributed by atoms with Gasteiger partial charge in [-0.2, -0.15) is 13.2 Å². The first-order chi connectivity index (χ1) is 8.04. The zero-order chi connectivity index (χ0) is 14.1. The molecule has 18 heavy (non-hydrogen) atoms. The summed E-state index contributed by atoms with van der Waals surface area (Å²) in [5.41, 5.74) is -1.56. The molecular formula is C13H16F4O. The highest BCUT2D eigenvalue weighted by Crippen LogP contribution is 2.36. The number of rotatable bonds is 3. The van der Waals surface area contributed by atoms with E-state index < -0.39 is 29.1 Å². The largest absolute Gasteiger partial charge is 0.419 e. The van der Waals surface area contributed by atoms with E-state index in [0.717, 1.165) is 12.1 Å². The third-order valence-electron chi connectivity index (χ3n) is 2.86. The Balaban J connectivity index is 3.20. The molecule has 0 radical (unpaired) electrons. The molecule has 1 N–H and O–H groups in total. The number of hydrogen-bond acceptors (Lipinski definition) is 1. The summed E-state index contributed by atoms with van der Waals surface area (Å²) >= 11 is 0. The highest BCUT2D eigenvalue weighted by atomic mass is 19.4. The predicted molar refractivity (Wildman–Crippen MR) is 60.7 cm³/mol. The number of aliphatic hydroxyl groups is 1. The zero-order valence-corrected chi connectivity index (χ0v) is 10.5. The van der Waals surface area contributed by atoms with E-state index in [1.54, 1.807) is 20.8 Å². The highest BCUT2D eigenvalue weighted by molar-refractivity contribution is 5.32. The van der Waals surface area contributed by atoms with Crippen molar-refractivity contribution in [2.45, 2.75) is 44.9 Å². The topological polar surface area (TPSA) is 20.2 Å². The summed E-state index contributed by atoms with van der Waals surface area (Å²) < 4.78 is 50.9. The Kier molecular flexibility index (Phi) is 4.05. The molecule has 0 fully saturated rings. The molecule has 0 heterocycles. The van der Waals surface area contributed by atoms with Gasteiger partial charge in [-0.05, 0) is 36.5 Å². The first kappa shape index (κ1) is 15.0. The third-order valence-corrected chi connectivity index (χ3v) is 2.86. The van der Waals surface area contributed by atoms with E-state index in [0.29, 0.717) is 12.0 Å². The van der Waals surface area contributed by atoms with Gasteiger partial charge in [-0.25, -0.2) is 4.39 Å². The van der Waals surface area contributed by atoms with E-state index in [9.17, 15) is 22.7 Å². The maximum absolute atomic E-state index is 13.1. The van der Waals surface area contributed by atoms with Crippen molar-refractivity contribution >= 4 is 0 Å². The average Bonchev–Trinajstić information content (AvgIpc) is 2.13. The second-order valence-corrected chi connectivity index (χ2v) is 5.13. The molecule has 0 spiro atoms. The van der Waals surface area contributed by atoms with Gasteiger partial charge in [0, 0.05) is 0 Å². The minimum Gasteiger partial charge on any atom is -0.393 e. The molecule has 0 aliphatic carbocycles. The van der Waals surface area contributed by atoms with Crippen molar-refractivity contribution in [1.29, 1.82) is 0 Å². The van der Waals surface area contributed by atoms with E-state index in [2.05, 4.69) is 0 Å². The minimum absolute atomic E-state index is 0.302. The van der Waals surface area contributed by atoms with Gasteiger partial charge >= 0.3 is 6.18 Å². The molecule has 0 aromatic heterocycles. The van der Waals surface area contributed by atoms with Gasteiger partial charge in [0.05, 0.1) is 11.7 Å². The normalized spacial score (nSPS) is 14.7. The van der Waals surface area contributed by atoms with Crippen molar-refractivity contribution < 1.29 is 22.7 Å². The second-order valence-electron chi connectivity index (χ2n) is 5.13. The van der Waals surface area contributed by atoms with Crippen LogP contribution in [0, 0.1) is 5.82 Å². The maximum atomic E-state index is 13.1. The summed E-state index contributed by atoms with van der Waals surface area (Å²) in [6, 6.07) is 2.96. The standard InChI is InChI=1S/C13H16F4O/c1-8(18)7-12(2,3)9-4-5-11(14)10(6-9)13(15,16)17/h4-6,8,18H,7H2,1-3H3. The molecule has 0 bridgehead atoms. The van der Waals surface area contributed by atoms with Gasteiger partial charge in [0.2, 0.25) is 0 Å². The summed E-state index contributed by atoms with van der Waals surface area (Å²) in [6.07, 6.45) is -5.05. The SMILES string of the molecule is CC(O)CC(C)(C)c1ccc(F)c(C(F)(F)F)c1. The molecule has 5 heteroatoms. The van der Waals surface area contributed by atoms with Gasteiger partial charge in [-0.1, -0.05) is 19.9 Å². The van der Waals surface area contributed by atoms with Crippen LogP contribution in [0.4, 0.5) is 17.6 Å². The minimum atomic E-state index is -4.71. The van der Waals surface area contributed by atoms with Crippen molar-refractivity contribution in [3.63, 3.8) is 0 Å². The van der Waals surface area contributed by atoms with Crippen LogP contribution in [0.2, 0.25) is 0 Å². The number of alkyl halides is 3. The highest BCUT2D eigenvalue weighted by Gasteiger charge is 2.35. The van der Waals surface area contributed by atoms with Crippen LogP contribution >= 0.6 is 0 Å². The van der Waals surface area contributed by atoms with E-state index >= 15 is 0 Å². The van der Waals surface area contributed by atoms with Gasteiger partial charge in [0.15, 0.2) is 0 Å². The van der Waals surface area contributed by atoms with Crippen molar-refractivity contribution in [1.82, 2.24) is 0 Å². The van der Waals surface area contributed by atoms with E-state index in [1.807, 2.05) is 0 Å². The number of benzene rings is 1. The average molecular weight is 264 g/mol. The van der Waals surface area contributed by atoms with Gasteiger partial charge in [-0.15, -0.1) is 0 Å². The zero-order valence-electron chi connectivity index (χ0n) is 10.5. The molecule has 0 saturated heterocycles. The number of aliphatic hydroxyl groups excluding tert-OH is 1. The van der Waals surface area contributed by atoms with Gasteiger partial charge in [0.1, 0.15) is 5.82 Å². The van der Waals surface area contributed by atoms with Gasteiger partial charge in [-0.3, -0.25) is 0 Å². The van der Waals surface area contributed by atoms with Crippen LogP contribution < -0.4 is 0 Å². The van der Waals surface area contributed by atoms with Crippen LogP contribution in [0.15, 0.2) is 18.2 Å². The van der Waals surface area contributed by atoms with Crippen molar-refractivity contribution in [2.24, 2.45) is 0 Å². The summed E-state index contributed by atoms with van der Waals surface area (Å²) in [5.74, 6) is -1.28. The lowest BCUT2D eigenvalue weighted by Crippen LogP contribution is -2.24. The van der Waals surface area contributed by atoms with Crippen LogP contribution in [0.5, 0.6) is 0 Å². The fourth-order valence-electron chi connectivity index (χ4n) is 2.02. The monoisotopic (exact) mass is 264 g/mol.